The molecule has 114 valence electrons. The minimum absolute atomic E-state index is 0.0210. The lowest BCUT2D eigenvalue weighted by Crippen LogP contribution is -2.21. The van der Waals surface area contributed by atoms with Gasteiger partial charge >= 0.3 is 5.69 Å². The Balaban J connectivity index is 2.02. The number of carbonyl (C=O) groups is 1. The second kappa shape index (κ2) is 6.66. The molecular weight excluding hydrogens is 291 g/mol. The van der Waals surface area contributed by atoms with E-state index in [2.05, 4.69) is 5.32 Å². The molecule has 2 aromatic rings. The van der Waals surface area contributed by atoms with Crippen molar-refractivity contribution in [3.63, 3.8) is 0 Å². The number of anilines is 1. The zero-order valence-electron chi connectivity index (χ0n) is 11.7. The van der Waals surface area contributed by atoms with Crippen LogP contribution in [0.15, 0.2) is 42.5 Å². The normalized spacial score (nSPS) is 10.1. The van der Waals surface area contributed by atoms with Gasteiger partial charge in [0.15, 0.2) is 12.4 Å². The number of nitro benzene ring substituents is 1. The fourth-order valence-electron chi connectivity index (χ4n) is 1.79. The Labute approximate surface area is 125 Å². The third-order valence-corrected chi connectivity index (χ3v) is 2.82. The van der Waals surface area contributed by atoms with Crippen molar-refractivity contribution in [3.8, 4) is 5.75 Å². The number of hydrogen-bond acceptors (Lipinski definition) is 4. The largest absolute Gasteiger partial charge is 0.477 e. The molecule has 0 radical (unpaired) electrons. The maximum atomic E-state index is 13.5. The highest BCUT2D eigenvalue weighted by molar-refractivity contribution is 5.92. The smallest absolute Gasteiger partial charge is 0.310 e. The van der Waals surface area contributed by atoms with Gasteiger partial charge in [0, 0.05) is 6.07 Å². The highest BCUT2D eigenvalue weighted by Gasteiger charge is 2.15. The first-order valence-corrected chi connectivity index (χ1v) is 6.39. The SMILES string of the molecule is Cc1ccc(F)c(NC(=O)COc2ccccc2[N+](=O)[O-])c1. The highest BCUT2D eigenvalue weighted by Crippen LogP contribution is 2.25. The molecular formula is C15H13FN2O4. The number of amides is 1. The molecule has 0 fully saturated rings. The number of rotatable bonds is 5. The van der Waals surface area contributed by atoms with Gasteiger partial charge in [0.25, 0.3) is 5.91 Å². The summed E-state index contributed by atoms with van der Waals surface area (Å²) in [5.74, 6) is -1.19. The van der Waals surface area contributed by atoms with E-state index in [9.17, 15) is 19.3 Å². The summed E-state index contributed by atoms with van der Waals surface area (Å²) in [5.41, 5.74) is 0.588. The van der Waals surface area contributed by atoms with Crippen LogP contribution in [0.5, 0.6) is 5.75 Å². The predicted octanol–water partition coefficient (Wildman–Crippen LogP) is 3.06. The Morgan fingerprint density at radius 2 is 2.05 bits per heavy atom. The van der Waals surface area contributed by atoms with Crippen LogP contribution in [-0.4, -0.2) is 17.4 Å². The maximum absolute atomic E-state index is 13.5. The van der Waals surface area contributed by atoms with E-state index in [0.717, 1.165) is 5.56 Å². The average Bonchev–Trinajstić information content (AvgIpc) is 2.49. The van der Waals surface area contributed by atoms with Crippen LogP contribution in [0.2, 0.25) is 0 Å². The van der Waals surface area contributed by atoms with E-state index in [4.69, 9.17) is 4.74 Å². The Hall–Kier alpha value is -2.96. The van der Waals surface area contributed by atoms with E-state index in [1.807, 2.05) is 0 Å². The number of ether oxygens (including phenoxy) is 1. The van der Waals surface area contributed by atoms with Crippen molar-refractivity contribution in [3.05, 3.63) is 64.0 Å². The summed E-state index contributed by atoms with van der Waals surface area (Å²) >= 11 is 0. The van der Waals surface area contributed by atoms with Crippen LogP contribution in [0.3, 0.4) is 0 Å². The van der Waals surface area contributed by atoms with E-state index in [1.54, 1.807) is 19.1 Å². The van der Waals surface area contributed by atoms with Crippen molar-refractivity contribution in [2.45, 2.75) is 6.92 Å². The van der Waals surface area contributed by atoms with Crippen LogP contribution >= 0.6 is 0 Å². The quantitative estimate of drug-likeness (QED) is 0.680. The standard InChI is InChI=1S/C15H13FN2O4/c1-10-6-7-11(16)12(8-10)17-15(19)9-22-14-5-3-2-4-13(14)18(20)21/h2-8H,9H2,1H3,(H,17,19). The lowest BCUT2D eigenvalue weighted by atomic mass is 10.2. The molecule has 0 atom stereocenters. The fraction of sp³-hybridized carbons (Fsp3) is 0.133. The molecule has 6 nitrogen and oxygen atoms in total. The summed E-state index contributed by atoms with van der Waals surface area (Å²) in [6.07, 6.45) is 0. The zero-order chi connectivity index (χ0) is 16.1. The molecule has 7 heteroatoms. The molecule has 22 heavy (non-hydrogen) atoms. The van der Waals surface area contributed by atoms with Crippen LogP contribution in [0.4, 0.5) is 15.8 Å². The average molecular weight is 304 g/mol. The zero-order valence-corrected chi connectivity index (χ0v) is 11.7. The molecule has 2 aromatic carbocycles. The molecule has 0 saturated heterocycles. The monoisotopic (exact) mass is 304 g/mol. The number of hydrogen-bond donors (Lipinski definition) is 1. The molecule has 0 aliphatic carbocycles. The van der Waals surface area contributed by atoms with Gasteiger partial charge in [-0.3, -0.25) is 14.9 Å². The number of nitro groups is 1. The Morgan fingerprint density at radius 1 is 1.32 bits per heavy atom. The number of carbonyl (C=O) groups excluding carboxylic acids is 1. The van der Waals surface area contributed by atoms with Gasteiger partial charge in [-0.2, -0.15) is 0 Å². The van der Waals surface area contributed by atoms with Gasteiger partial charge in [-0.05, 0) is 30.7 Å². The van der Waals surface area contributed by atoms with E-state index in [0.29, 0.717) is 0 Å². The van der Waals surface area contributed by atoms with Crippen molar-refractivity contribution >= 4 is 17.3 Å². The molecule has 0 bridgehead atoms. The third kappa shape index (κ3) is 3.78. The Kier molecular flexibility index (Phi) is 4.67. The molecule has 0 aliphatic rings. The molecule has 0 aliphatic heterocycles. The van der Waals surface area contributed by atoms with E-state index >= 15 is 0 Å². The number of halogens is 1. The number of nitrogens with zero attached hydrogens (tertiary/aromatic N) is 1. The minimum Gasteiger partial charge on any atom is -0.477 e. The predicted molar refractivity (Wildman–Crippen MR) is 78.4 cm³/mol. The summed E-state index contributed by atoms with van der Waals surface area (Å²) in [6, 6.07) is 10.0. The van der Waals surface area contributed by atoms with Crippen LogP contribution in [0.1, 0.15) is 5.56 Å². The topological polar surface area (TPSA) is 81.5 Å². The Bertz CT molecular complexity index is 718. The van der Waals surface area contributed by atoms with E-state index < -0.39 is 23.3 Å². The maximum Gasteiger partial charge on any atom is 0.310 e. The van der Waals surface area contributed by atoms with Crippen LogP contribution in [0, 0.1) is 22.9 Å². The first-order valence-electron chi connectivity index (χ1n) is 6.39. The summed E-state index contributed by atoms with van der Waals surface area (Å²) in [6.45, 7) is 1.30. The van der Waals surface area contributed by atoms with Gasteiger partial charge in [-0.25, -0.2) is 4.39 Å². The van der Waals surface area contributed by atoms with Gasteiger partial charge in [-0.15, -0.1) is 0 Å². The number of aryl methyl sites for hydroxylation is 1. The summed E-state index contributed by atoms with van der Waals surface area (Å²) in [4.78, 5) is 22.0. The molecule has 0 aromatic heterocycles. The molecule has 1 amide bonds. The second-order valence-corrected chi connectivity index (χ2v) is 4.54. The van der Waals surface area contributed by atoms with Crippen molar-refractivity contribution < 1.29 is 18.8 Å². The second-order valence-electron chi connectivity index (χ2n) is 4.54. The van der Waals surface area contributed by atoms with Gasteiger partial charge in [0.2, 0.25) is 0 Å². The summed E-state index contributed by atoms with van der Waals surface area (Å²) < 4.78 is 18.6. The molecule has 0 unspecified atom stereocenters. The number of para-hydroxylation sites is 2. The van der Waals surface area contributed by atoms with Gasteiger partial charge < -0.3 is 10.1 Å². The van der Waals surface area contributed by atoms with Gasteiger partial charge in [0.1, 0.15) is 5.82 Å². The van der Waals surface area contributed by atoms with Gasteiger partial charge in [-0.1, -0.05) is 18.2 Å². The molecule has 1 N–H and O–H groups in total. The van der Waals surface area contributed by atoms with Crippen molar-refractivity contribution in [2.75, 3.05) is 11.9 Å². The summed E-state index contributed by atoms with van der Waals surface area (Å²) in [7, 11) is 0. The number of benzene rings is 2. The molecule has 0 saturated carbocycles. The lowest BCUT2D eigenvalue weighted by molar-refractivity contribution is -0.385. The molecule has 0 heterocycles. The molecule has 2 rings (SSSR count). The Morgan fingerprint density at radius 3 is 2.77 bits per heavy atom. The van der Waals surface area contributed by atoms with E-state index in [-0.39, 0.29) is 17.1 Å². The number of nitrogens with one attached hydrogen (secondary N) is 1. The van der Waals surface area contributed by atoms with Crippen molar-refractivity contribution in [1.29, 1.82) is 0 Å². The van der Waals surface area contributed by atoms with Gasteiger partial charge in [0.05, 0.1) is 10.6 Å². The van der Waals surface area contributed by atoms with Crippen LogP contribution in [-0.2, 0) is 4.79 Å². The fourth-order valence-corrected chi connectivity index (χ4v) is 1.79. The first-order chi connectivity index (χ1) is 10.5. The van der Waals surface area contributed by atoms with Crippen molar-refractivity contribution in [1.82, 2.24) is 0 Å². The highest BCUT2D eigenvalue weighted by atomic mass is 19.1. The van der Waals surface area contributed by atoms with Crippen molar-refractivity contribution in [2.24, 2.45) is 0 Å². The minimum atomic E-state index is -0.609. The first kappa shape index (κ1) is 15.4. The van der Waals surface area contributed by atoms with Crippen LogP contribution < -0.4 is 10.1 Å². The summed E-state index contributed by atoms with van der Waals surface area (Å²) in [5, 5.41) is 13.2. The molecule has 0 spiro atoms. The third-order valence-electron chi connectivity index (χ3n) is 2.82. The van der Waals surface area contributed by atoms with Crippen LogP contribution in [0.25, 0.3) is 0 Å². The van der Waals surface area contributed by atoms with E-state index in [1.165, 1.54) is 30.3 Å². The lowest BCUT2D eigenvalue weighted by Gasteiger charge is -2.09.